The predicted octanol–water partition coefficient (Wildman–Crippen LogP) is 2.20. The van der Waals surface area contributed by atoms with Crippen LogP contribution in [0.5, 0.6) is 0 Å². The van der Waals surface area contributed by atoms with Gasteiger partial charge < -0.3 is 0 Å². The molecule has 0 bridgehead atoms. The molecule has 0 heterocycles. The fourth-order valence-corrected chi connectivity index (χ4v) is 0.623. The van der Waals surface area contributed by atoms with Crippen molar-refractivity contribution >= 4 is 6.21 Å². The molecule has 0 N–H and O–H groups in total. The summed E-state index contributed by atoms with van der Waals surface area (Å²) in [5, 5.41) is 0. The van der Waals surface area contributed by atoms with Gasteiger partial charge >= 0.3 is 0 Å². The van der Waals surface area contributed by atoms with Crippen LogP contribution >= 0.6 is 0 Å². The summed E-state index contributed by atoms with van der Waals surface area (Å²) < 4.78 is 2.06. The van der Waals surface area contributed by atoms with Gasteiger partial charge in [0.25, 0.3) is 0 Å². The Morgan fingerprint density at radius 2 is 1.80 bits per heavy atom. The molecule has 0 atom stereocenters. The highest BCUT2D eigenvalue weighted by Gasteiger charge is 1.99. The van der Waals surface area contributed by atoms with Crippen molar-refractivity contribution in [2.75, 3.05) is 7.05 Å². The van der Waals surface area contributed by atoms with E-state index in [1.54, 1.807) is 6.08 Å². The van der Waals surface area contributed by atoms with E-state index in [-0.39, 0.29) is 0 Å². The molecule has 1 nitrogen and oxygen atoms in total. The van der Waals surface area contributed by atoms with Gasteiger partial charge in [0.2, 0.25) is 0 Å². The van der Waals surface area contributed by atoms with E-state index in [0.29, 0.717) is 0 Å². The van der Waals surface area contributed by atoms with E-state index in [0.717, 1.165) is 0 Å². The fourth-order valence-electron chi connectivity index (χ4n) is 0.623. The van der Waals surface area contributed by atoms with Crippen molar-refractivity contribution in [1.82, 2.24) is 0 Å². The van der Waals surface area contributed by atoms with Gasteiger partial charge in [-0.05, 0) is 25.5 Å². The first-order valence-corrected chi connectivity index (χ1v) is 3.42. The van der Waals surface area contributed by atoms with Crippen molar-refractivity contribution in [3.63, 3.8) is 0 Å². The normalized spacial score (nSPS) is 11.0. The molecular formula is C9H16N+. The highest BCUT2D eigenvalue weighted by Crippen LogP contribution is 2.00. The summed E-state index contributed by atoms with van der Waals surface area (Å²) in [7, 11) is 2.02. The van der Waals surface area contributed by atoms with Crippen LogP contribution in [-0.2, 0) is 0 Å². The number of hydrogen-bond acceptors (Lipinski definition) is 0. The Hall–Kier alpha value is -0.850. The van der Waals surface area contributed by atoms with E-state index >= 15 is 0 Å². The maximum atomic E-state index is 3.62. The van der Waals surface area contributed by atoms with Gasteiger partial charge in [0.15, 0.2) is 11.9 Å². The fraction of sp³-hybridized carbons (Fsp3) is 0.444. The molecule has 0 spiro atoms. The Balaban J connectivity index is 4.51. The van der Waals surface area contributed by atoms with Gasteiger partial charge in [0, 0.05) is 6.92 Å². The van der Waals surface area contributed by atoms with Crippen LogP contribution in [0.3, 0.4) is 0 Å². The Morgan fingerprint density at radius 1 is 1.30 bits per heavy atom. The predicted molar refractivity (Wildman–Crippen MR) is 46.5 cm³/mol. The van der Waals surface area contributed by atoms with Crippen LogP contribution in [0.1, 0.15) is 20.8 Å². The summed E-state index contributed by atoms with van der Waals surface area (Å²) in [6, 6.07) is 0. The molecular weight excluding hydrogens is 122 g/mol. The molecule has 1 heteroatoms. The Labute approximate surface area is 63.4 Å². The molecule has 0 amide bonds. The molecule has 0 saturated heterocycles. The zero-order chi connectivity index (χ0) is 8.15. The smallest absolute Gasteiger partial charge is 0.176 e. The van der Waals surface area contributed by atoms with Crippen molar-refractivity contribution in [2.45, 2.75) is 20.8 Å². The Kier molecular flexibility index (Phi) is 3.70. The van der Waals surface area contributed by atoms with E-state index < -0.39 is 0 Å². The lowest BCUT2D eigenvalue weighted by Gasteiger charge is -1.95. The topological polar surface area (TPSA) is 3.01 Å². The average molecular weight is 138 g/mol. The molecule has 0 aliphatic heterocycles. The van der Waals surface area contributed by atoms with Crippen molar-refractivity contribution in [3.8, 4) is 0 Å². The van der Waals surface area contributed by atoms with Crippen molar-refractivity contribution < 1.29 is 4.58 Å². The van der Waals surface area contributed by atoms with E-state index in [4.69, 9.17) is 0 Å². The molecule has 0 aliphatic carbocycles. The van der Waals surface area contributed by atoms with Gasteiger partial charge in [-0.1, -0.05) is 6.58 Å². The highest BCUT2D eigenvalue weighted by molar-refractivity contribution is 5.65. The number of rotatable bonds is 2. The first kappa shape index (κ1) is 9.15. The lowest BCUT2D eigenvalue weighted by atomic mass is 10.3. The number of allylic oxidation sites excluding steroid dienone is 3. The lowest BCUT2D eigenvalue weighted by Crippen LogP contribution is -2.03. The van der Waals surface area contributed by atoms with Gasteiger partial charge in [-0.3, -0.25) is 0 Å². The van der Waals surface area contributed by atoms with Crippen LogP contribution in [-0.4, -0.2) is 17.8 Å². The standard InChI is InChI=1S/C9H16N/c1-6-7-10(5)9(4)8(2)3/h6-7H,1H2,2-5H3/q+1. The molecule has 0 unspecified atom stereocenters. The Morgan fingerprint density at radius 3 is 2.10 bits per heavy atom. The van der Waals surface area contributed by atoms with Crippen LogP contribution in [0.4, 0.5) is 0 Å². The summed E-state index contributed by atoms with van der Waals surface area (Å²) in [4.78, 5) is 0. The van der Waals surface area contributed by atoms with Crippen LogP contribution in [0.2, 0.25) is 0 Å². The summed E-state index contributed by atoms with van der Waals surface area (Å²) in [5.74, 6) is 0. The second-order valence-electron chi connectivity index (χ2n) is 2.58. The molecule has 0 saturated carbocycles. The average Bonchev–Trinajstić information content (AvgIpc) is 1.87. The second-order valence-corrected chi connectivity index (χ2v) is 2.58. The molecule has 56 valence electrons. The largest absolute Gasteiger partial charge is 0.205 e. The maximum Gasteiger partial charge on any atom is 0.176 e. The molecule has 0 radical (unpaired) electrons. The van der Waals surface area contributed by atoms with Gasteiger partial charge in [-0.25, -0.2) is 4.58 Å². The molecule has 0 aromatic carbocycles. The van der Waals surface area contributed by atoms with Crippen molar-refractivity contribution in [1.29, 1.82) is 0 Å². The van der Waals surface area contributed by atoms with Gasteiger partial charge in [0.1, 0.15) is 7.05 Å². The van der Waals surface area contributed by atoms with Crippen LogP contribution < -0.4 is 0 Å². The van der Waals surface area contributed by atoms with E-state index in [9.17, 15) is 0 Å². The highest BCUT2D eigenvalue weighted by atomic mass is 15.0. The van der Waals surface area contributed by atoms with E-state index in [2.05, 4.69) is 31.9 Å². The first-order valence-electron chi connectivity index (χ1n) is 3.42. The lowest BCUT2D eigenvalue weighted by molar-refractivity contribution is -0.438. The Bertz CT molecular complexity index is 181. The summed E-state index contributed by atoms with van der Waals surface area (Å²) >= 11 is 0. The van der Waals surface area contributed by atoms with E-state index in [1.165, 1.54) is 11.3 Å². The van der Waals surface area contributed by atoms with E-state index in [1.807, 2.05) is 13.3 Å². The minimum atomic E-state index is 1.28. The van der Waals surface area contributed by atoms with Crippen molar-refractivity contribution in [3.05, 3.63) is 23.9 Å². The van der Waals surface area contributed by atoms with Gasteiger partial charge in [-0.15, -0.1) is 0 Å². The third-order valence-electron chi connectivity index (χ3n) is 1.58. The van der Waals surface area contributed by atoms with Crippen LogP contribution in [0.15, 0.2) is 23.9 Å². The molecule has 0 aromatic rings. The second kappa shape index (κ2) is 4.04. The molecule has 0 aromatic heterocycles. The SMILES string of the molecule is C=CC=[N+](C)C(C)=C(C)C. The van der Waals surface area contributed by atoms with Crippen LogP contribution in [0, 0.1) is 0 Å². The third-order valence-corrected chi connectivity index (χ3v) is 1.58. The maximum absolute atomic E-state index is 3.62. The zero-order valence-corrected chi connectivity index (χ0v) is 7.31. The summed E-state index contributed by atoms with van der Waals surface area (Å²) in [6.07, 6.45) is 3.73. The number of hydrogen-bond donors (Lipinski definition) is 0. The molecule has 0 aliphatic rings. The minimum Gasteiger partial charge on any atom is -0.205 e. The minimum absolute atomic E-state index is 1.28. The summed E-state index contributed by atoms with van der Waals surface area (Å²) in [6.45, 7) is 9.92. The molecule has 0 rings (SSSR count). The van der Waals surface area contributed by atoms with Crippen molar-refractivity contribution in [2.24, 2.45) is 0 Å². The summed E-state index contributed by atoms with van der Waals surface area (Å²) in [5.41, 5.74) is 2.61. The number of nitrogens with zero attached hydrogens (tertiary/aromatic N) is 1. The van der Waals surface area contributed by atoms with Gasteiger partial charge in [0.05, 0.1) is 0 Å². The quantitative estimate of drug-likeness (QED) is 0.406. The molecule has 10 heavy (non-hydrogen) atoms. The molecule has 0 fully saturated rings. The van der Waals surface area contributed by atoms with Crippen LogP contribution in [0.25, 0.3) is 0 Å². The monoisotopic (exact) mass is 138 g/mol. The third kappa shape index (κ3) is 2.62. The van der Waals surface area contributed by atoms with Gasteiger partial charge in [-0.2, -0.15) is 0 Å². The zero-order valence-electron chi connectivity index (χ0n) is 7.31. The first-order chi connectivity index (χ1) is 4.59.